The van der Waals surface area contributed by atoms with Gasteiger partial charge in [0.15, 0.2) is 0 Å². The summed E-state index contributed by atoms with van der Waals surface area (Å²) in [6.45, 7) is 1.96. The van der Waals surface area contributed by atoms with Gasteiger partial charge in [0.05, 0.1) is 11.5 Å². The first-order valence-electron chi connectivity index (χ1n) is 4.89. The third kappa shape index (κ3) is 3.63. The molecule has 7 nitrogen and oxygen atoms in total. The van der Waals surface area contributed by atoms with E-state index in [1.807, 2.05) is 0 Å². The summed E-state index contributed by atoms with van der Waals surface area (Å²) >= 11 is 0. The fourth-order valence-corrected chi connectivity index (χ4v) is 1.22. The van der Waals surface area contributed by atoms with Crippen LogP contribution in [0.5, 0.6) is 5.75 Å². The number of oxime groups is 1. The lowest BCUT2D eigenvalue weighted by Crippen LogP contribution is -2.15. The molecular formula is C10H13N3O4. The largest absolute Gasteiger partial charge is 0.493 e. The molecule has 0 aromatic heterocycles. The van der Waals surface area contributed by atoms with Crippen LogP contribution in [0.3, 0.4) is 0 Å². The van der Waals surface area contributed by atoms with Gasteiger partial charge in [-0.25, -0.2) is 0 Å². The van der Waals surface area contributed by atoms with Crippen molar-refractivity contribution in [1.29, 1.82) is 0 Å². The molecule has 17 heavy (non-hydrogen) atoms. The number of rotatable bonds is 5. The van der Waals surface area contributed by atoms with Crippen molar-refractivity contribution in [3.63, 3.8) is 0 Å². The van der Waals surface area contributed by atoms with Crippen LogP contribution in [-0.2, 0) is 0 Å². The number of hydrogen-bond acceptors (Lipinski definition) is 5. The Hall–Kier alpha value is -2.31. The summed E-state index contributed by atoms with van der Waals surface area (Å²) in [4.78, 5) is 10.0. The lowest BCUT2D eigenvalue weighted by atomic mass is 10.2. The van der Waals surface area contributed by atoms with Crippen molar-refractivity contribution in [3.05, 3.63) is 33.9 Å². The van der Waals surface area contributed by atoms with E-state index in [4.69, 9.17) is 15.7 Å². The fourth-order valence-electron chi connectivity index (χ4n) is 1.22. The summed E-state index contributed by atoms with van der Waals surface area (Å²) in [5.41, 5.74) is 5.95. The van der Waals surface area contributed by atoms with E-state index in [2.05, 4.69) is 5.16 Å². The molecule has 0 atom stereocenters. The topological polar surface area (TPSA) is 111 Å². The van der Waals surface area contributed by atoms with Crippen LogP contribution in [0.1, 0.15) is 12.0 Å². The summed E-state index contributed by atoms with van der Waals surface area (Å²) < 4.78 is 5.35. The molecular weight excluding hydrogens is 226 g/mol. The van der Waals surface area contributed by atoms with E-state index in [0.717, 1.165) is 0 Å². The van der Waals surface area contributed by atoms with Gasteiger partial charge in [0.25, 0.3) is 5.69 Å². The molecule has 0 aliphatic rings. The van der Waals surface area contributed by atoms with Gasteiger partial charge in [-0.3, -0.25) is 10.1 Å². The fraction of sp³-hybridized carbons (Fsp3) is 0.300. The number of nitro benzene ring substituents is 1. The Bertz CT molecular complexity index is 445. The molecule has 0 saturated carbocycles. The van der Waals surface area contributed by atoms with E-state index in [1.54, 1.807) is 6.92 Å². The molecule has 0 bridgehead atoms. The quantitative estimate of drug-likeness (QED) is 0.265. The molecule has 1 aromatic carbocycles. The third-order valence-corrected chi connectivity index (χ3v) is 2.11. The number of aryl methyl sites for hydroxylation is 1. The molecule has 7 heteroatoms. The Morgan fingerprint density at radius 1 is 1.65 bits per heavy atom. The lowest BCUT2D eigenvalue weighted by molar-refractivity contribution is -0.384. The van der Waals surface area contributed by atoms with Crippen LogP contribution in [0.25, 0.3) is 0 Å². The van der Waals surface area contributed by atoms with Crippen LogP contribution in [0, 0.1) is 17.0 Å². The Kier molecular flexibility index (Phi) is 4.27. The highest BCUT2D eigenvalue weighted by Gasteiger charge is 2.08. The van der Waals surface area contributed by atoms with E-state index >= 15 is 0 Å². The van der Waals surface area contributed by atoms with Crippen LogP contribution in [-0.4, -0.2) is 22.6 Å². The smallest absolute Gasteiger partial charge is 0.269 e. The van der Waals surface area contributed by atoms with Gasteiger partial charge in [-0.05, 0) is 18.6 Å². The van der Waals surface area contributed by atoms with E-state index < -0.39 is 4.92 Å². The molecule has 0 radical (unpaired) electrons. The minimum atomic E-state index is -0.465. The number of amidine groups is 1. The van der Waals surface area contributed by atoms with Crippen molar-refractivity contribution in [2.45, 2.75) is 13.3 Å². The molecule has 0 saturated heterocycles. The summed E-state index contributed by atoms with van der Waals surface area (Å²) in [6.07, 6.45) is 0.285. The summed E-state index contributed by atoms with van der Waals surface area (Å²) in [6, 6.07) is 4.32. The predicted octanol–water partition coefficient (Wildman–Crippen LogP) is 1.42. The highest BCUT2D eigenvalue weighted by molar-refractivity contribution is 5.79. The number of nitrogens with zero attached hydrogens (tertiary/aromatic N) is 2. The Labute approximate surface area is 97.6 Å². The van der Waals surface area contributed by atoms with Gasteiger partial charge in [0, 0.05) is 18.6 Å². The monoisotopic (exact) mass is 239 g/mol. The molecule has 0 aliphatic heterocycles. The SMILES string of the molecule is Cc1cc([N+](=O)[O-])ccc1OCC/C(N)=N/O. The number of benzene rings is 1. The third-order valence-electron chi connectivity index (χ3n) is 2.11. The molecule has 92 valence electrons. The molecule has 0 fully saturated rings. The van der Waals surface area contributed by atoms with Gasteiger partial charge in [0.1, 0.15) is 11.6 Å². The van der Waals surface area contributed by atoms with Crippen molar-refractivity contribution >= 4 is 11.5 Å². The number of nitrogens with two attached hydrogens (primary N) is 1. The minimum Gasteiger partial charge on any atom is -0.493 e. The van der Waals surface area contributed by atoms with Gasteiger partial charge in [0.2, 0.25) is 0 Å². The first-order chi connectivity index (χ1) is 8.04. The van der Waals surface area contributed by atoms with Crippen LogP contribution < -0.4 is 10.5 Å². The van der Waals surface area contributed by atoms with Gasteiger partial charge >= 0.3 is 0 Å². The van der Waals surface area contributed by atoms with Crippen LogP contribution in [0.15, 0.2) is 23.4 Å². The zero-order valence-electron chi connectivity index (χ0n) is 9.29. The number of ether oxygens (including phenoxy) is 1. The zero-order valence-corrected chi connectivity index (χ0v) is 9.29. The highest BCUT2D eigenvalue weighted by atomic mass is 16.6. The van der Waals surface area contributed by atoms with Crippen molar-refractivity contribution < 1.29 is 14.9 Å². The summed E-state index contributed by atoms with van der Waals surface area (Å²) in [5.74, 6) is 0.617. The van der Waals surface area contributed by atoms with Crippen molar-refractivity contribution in [1.82, 2.24) is 0 Å². The average molecular weight is 239 g/mol. The zero-order chi connectivity index (χ0) is 12.8. The van der Waals surface area contributed by atoms with E-state index in [1.165, 1.54) is 18.2 Å². The maximum atomic E-state index is 10.5. The molecule has 0 heterocycles. The molecule has 3 N–H and O–H groups in total. The predicted molar refractivity (Wildman–Crippen MR) is 61.4 cm³/mol. The van der Waals surface area contributed by atoms with Crippen LogP contribution in [0.4, 0.5) is 5.69 Å². The summed E-state index contributed by atoms with van der Waals surface area (Å²) in [7, 11) is 0. The Morgan fingerprint density at radius 3 is 2.88 bits per heavy atom. The number of hydrogen-bond donors (Lipinski definition) is 2. The molecule has 0 aliphatic carbocycles. The molecule has 1 rings (SSSR count). The maximum Gasteiger partial charge on any atom is 0.269 e. The summed E-state index contributed by atoms with van der Waals surface area (Å²) in [5, 5.41) is 21.6. The van der Waals surface area contributed by atoms with E-state index in [0.29, 0.717) is 11.3 Å². The van der Waals surface area contributed by atoms with Crippen molar-refractivity contribution in [3.8, 4) is 5.75 Å². The molecule has 1 aromatic rings. The minimum absolute atomic E-state index is 0.0197. The number of non-ortho nitro benzene ring substituents is 1. The van der Waals surface area contributed by atoms with Crippen LogP contribution >= 0.6 is 0 Å². The second kappa shape index (κ2) is 5.69. The van der Waals surface area contributed by atoms with Crippen molar-refractivity contribution in [2.75, 3.05) is 6.61 Å². The second-order valence-electron chi connectivity index (χ2n) is 3.40. The average Bonchev–Trinajstić information content (AvgIpc) is 2.30. The first kappa shape index (κ1) is 12.8. The van der Waals surface area contributed by atoms with Gasteiger partial charge in [-0.1, -0.05) is 5.16 Å². The maximum absolute atomic E-state index is 10.5. The normalized spacial score (nSPS) is 11.2. The Balaban J connectivity index is 2.64. The lowest BCUT2D eigenvalue weighted by Gasteiger charge is -2.08. The van der Waals surface area contributed by atoms with Gasteiger partial charge in [-0.15, -0.1) is 0 Å². The second-order valence-corrected chi connectivity index (χ2v) is 3.40. The van der Waals surface area contributed by atoms with Crippen molar-refractivity contribution in [2.24, 2.45) is 10.9 Å². The van der Waals surface area contributed by atoms with Gasteiger partial charge < -0.3 is 15.7 Å². The van der Waals surface area contributed by atoms with Crippen LogP contribution in [0.2, 0.25) is 0 Å². The Morgan fingerprint density at radius 2 is 2.35 bits per heavy atom. The standard InChI is InChI=1S/C10H13N3O4/c1-7-6-8(13(15)16)2-3-9(7)17-5-4-10(11)12-14/h2-3,6,14H,4-5H2,1H3,(H2,11,12). The van der Waals surface area contributed by atoms with E-state index in [9.17, 15) is 10.1 Å². The van der Waals surface area contributed by atoms with E-state index in [-0.39, 0.29) is 24.6 Å². The number of nitro groups is 1. The molecule has 0 spiro atoms. The molecule has 0 unspecified atom stereocenters. The molecule has 0 amide bonds. The first-order valence-corrected chi connectivity index (χ1v) is 4.89. The van der Waals surface area contributed by atoms with Gasteiger partial charge in [-0.2, -0.15) is 0 Å². The highest BCUT2D eigenvalue weighted by Crippen LogP contribution is 2.23.